The van der Waals surface area contributed by atoms with E-state index < -0.39 is 6.04 Å². The Morgan fingerprint density at radius 2 is 1.94 bits per heavy atom. The van der Waals surface area contributed by atoms with E-state index >= 15 is 0 Å². The molecule has 0 bridgehead atoms. The van der Waals surface area contributed by atoms with Crippen LogP contribution in [0.4, 0.5) is 0 Å². The van der Waals surface area contributed by atoms with E-state index in [1.807, 2.05) is 13.8 Å². The Hall–Kier alpha value is -1.06. The lowest BCUT2D eigenvalue weighted by Gasteiger charge is -2.25. The van der Waals surface area contributed by atoms with Crippen LogP contribution in [0.2, 0.25) is 0 Å². The second-order valence-electron chi connectivity index (χ2n) is 4.88. The summed E-state index contributed by atoms with van der Waals surface area (Å²) < 4.78 is 5.04. The van der Waals surface area contributed by atoms with Gasteiger partial charge in [0.05, 0.1) is 6.61 Å². The first-order chi connectivity index (χ1) is 7.50. The fourth-order valence-electron chi connectivity index (χ4n) is 1.43. The molecule has 1 amide bonds. The number of hydrogen-bond donors (Lipinski definition) is 1. The molecule has 4 heteroatoms. The van der Waals surface area contributed by atoms with Gasteiger partial charge in [-0.2, -0.15) is 0 Å². The summed E-state index contributed by atoms with van der Waals surface area (Å²) in [6, 6.07) is -0.535. The van der Waals surface area contributed by atoms with Crippen molar-refractivity contribution < 1.29 is 14.3 Å². The zero-order valence-corrected chi connectivity index (χ0v) is 10.3. The first-order valence-corrected chi connectivity index (χ1v) is 5.97. The molecule has 1 aliphatic carbocycles. The smallest absolute Gasteiger partial charge is 0.328 e. The van der Waals surface area contributed by atoms with Gasteiger partial charge in [-0.05, 0) is 25.7 Å². The lowest BCUT2D eigenvalue weighted by molar-refractivity contribution is -0.149. The molecule has 0 aliphatic heterocycles. The summed E-state index contributed by atoms with van der Waals surface area (Å²) >= 11 is 0. The van der Waals surface area contributed by atoms with E-state index in [1.54, 1.807) is 6.92 Å². The van der Waals surface area contributed by atoms with Crippen molar-refractivity contribution in [2.75, 3.05) is 6.61 Å². The van der Waals surface area contributed by atoms with Crippen molar-refractivity contribution in [2.24, 2.45) is 11.8 Å². The Labute approximate surface area is 96.7 Å². The maximum Gasteiger partial charge on any atom is 0.328 e. The van der Waals surface area contributed by atoms with Gasteiger partial charge in [0.25, 0.3) is 0 Å². The van der Waals surface area contributed by atoms with Crippen molar-refractivity contribution in [1.29, 1.82) is 0 Å². The monoisotopic (exact) mass is 227 g/mol. The predicted molar refractivity (Wildman–Crippen MR) is 60.7 cm³/mol. The van der Waals surface area contributed by atoms with Crippen LogP contribution in [0, 0.1) is 11.8 Å². The summed E-state index contributed by atoms with van der Waals surface area (Å²) in [5.74, 6) is 0.0699. The zero-order chi connectivity index (χ0) is 12.1. The van der Waals surface area contributed by atoms with Crippen LogP contribution in [0.25, 0.3) is 0 Å². The van der Waals surface area contributed by atoms with Crippen molar-refractivity contribution in [2.45, 2.75) is 46.1 Å². The number of nitrogens with one attached hydrogen (secondary N) is 1. The third-order valence-electron chi connectivity index (χ3n) is 2.75. The van der Waals surface area contributed by atoms with Gasteiger partial charge >= 0.3 is 5.97 Å². The fraction of sp³-hybridized carbons (Fsp3) is 0.833. The van der Waals surface area contributed by atoms with E-state index in [4.69, 9.17) is 4.74 Å². The van der Waals surface area contributed by atoms with Gasteiger partial charge in [-0.1, -0.05) is 20.3 Å². The first-order valence-electron chi connectivity index (χ1n) is 5.97. The van der Waals surface area contributed by atoms with Gasteiger partial charge in [0.15, 0.2) is 0 Å². The van der Waals surface area contributed by atoms with Crippen LogP contribution in [0.15, 0.2) is 0 Å². The van der Waals surface area contributed by atoms with Crippen LogP contribution in [-0.4, -0.2) is 24.5 Å². The molecule has 0 aromatic rings. The van der Waals surface area contributed by atoms with Gasteiger partial charge in [0, 0.05) is 5.92 Å². The second kappa shape index (κ2) is 5.87. The van der Waals surface area contributed by atoms with Crippen LogP contribution in [0.3, 0.4) is 0 Å². The first kappa shape index (κ1) is 13.0. The molecule has 1 unspecified atom stereocenters. The lowest BCUT2D eigenvalue weighted by Crippen LogP contribution is -2.44. The molecular formula is C12H21NO3. The second-order valence-corrected chi connectivity index (χ2v) is 4.88. The summed E-state index contributed by atoms with van der Waals surface area (Å²) in [4.78, 5) is 23.0. The quantitative estimate of drug-likeness (QED) is 0.724. The number of hydrogen-bond acceptors (Lipinski definition) is 3. The Morgan fingerprint density at radius 1 is 1.31 bits per heavy atom. The number of carbonyl (C=O) groups is 2. The van der Waals surface area contributed by atoms with Crippen molar-refractivity contribution in [3.8, 4) is 0 Å². The van der Waals surface area contributed by atoms with E-state index in [-0.39, 0.29) is 17.8 Å². The summed E-state index contributed by atoms with van der Waals surface area (Å²) in [6.45, 7) is 6.03. The molecule has 92 valence electrons. The molecule has 1 fully saturated rings. The molecule has 16 heavy (non-hydrogen) atoms. The molecule has 1 rings (SSSR count). The average Bonchev–Trinajstić information content (AvgIpc) is 2.10. The normalized spacial score (nSPS) is 17.8. The van der Waals surface area contributed by atoms with E-state index in [0.717, 1.165) is 19.3 Å². The predicted octanol–water partition coefficient (Wildman–Crippen LogP) is 1.49. The van der Waals surface area contributed by atoms with E-state index in [0.29, 0.717) is 12.5 Å². The number of esters is 1. The third-order valence-corrected chi connectivity index (χ3v) is 2.75. The highest BCUT2D eigenvalue weighted by Gasteiger charge is 2.27. The standard InChI is InChI=1S/C12H21NO3/c1-8(2)7-16-12(15)9(3)13-11(14)10-5-4-6-10/h8-10H,4-7H2,1-3H3,(H,13,14). The lowest BCUT2D eigenvalue weighted by atomic mass is 9.84. The average molecular weight is 227 g/mol. The van der Waals surface area contributed by atoms with Crippen molar-refractivity contribution >= 4 is 11.9 Å². The van der Waals surface area contributed by atoms with Crippen molar-refractivity contribution in [1.82, 2.24) is 5.32 Å². The number of carbonyl (C=O) groups excluding carboxylic acids is 2. The SMILES string of the molecule is CC(C)COC(=O)C(C)NC(=O)C1CCC1. The molecule has 0 aromatic heterocycles. The minimum Gasteiger partial charge on any atom is -0.464 e. The highest BCUT2D eigenvalue weighted by atomic mass is 16.5. The van der Waals surface area contributed by atoms with Gasteiger partial charge in [-0.25, -0.2) is 4.79 Å². The molecule has 4 nitrogen and oxygen atoms in total. The molecule has 0 saturated heterocycles. The molecule has 0 heterocycles. The molecule has 0 aromatic carbocycles. The number of ether oxygens (including phenoxy) is 1. The van der Waals surface area contributed by atoms with Gasteiger partial charge in [0.2, 0.25) is 5.91 Å². The fourth-order valence-corrected chi connectivity index (χ4v) is 1.43. The number of rotatable bonds is 5. The molecule has 1 saturated carbocycles. The van der Waals surface area contributed by atoms with Gasteiger partial charge < -0.3 is 10.1 Å². The Balaban J connectivity index is 2.24. The highest BCUT2D eigenvalue weighted by Crippen LogP contribution is 2.26. The maximum atomic E-state index is 11.6. The molecule has 1 N–H and O–H groups in total. The van der Waals surface area contributed by atoms with Crippen LogP contribution in [-0.2, 0) is 14.3 Å². The molecule has 1 aliphatic rings. The molecule has 1 atom stereocenters. The van der Waals surface area contributed by atoms with E-state index in [9.17, 15) is 9.59 Å². The van der Waals surface area contributed by atoms with Crippen LogP contribution >= 0.6 is 0 Å². The highest BCUT2D eigenvalue weighted by molar-refractivity contribution is 5.85. The van der Waals surface area contributed by atoms with Crippen LogP contribution in [0.5, 0.6) is 0 Å². The Bertz CT molecular complexity index is 259. The molecule has 0 spiro atoms. The zero-order valence-electron chi connectivity index (χ0n) is 10.3. The van der Waals surface area contributed by atoms with Crippen molar-refractivity contribution in [3.05, 3.63) is 0 Å². The Morgan fingerprint density at radius 3 is 2.38 bits per heavy atom. The van der Waals surface area contributed by atoms with Gasteiger partial charge in [-0.15, -0.1) is 0 Å². The van der Waals surface area contributed by atoms with E-state index in [1.165, 1.54) is 0 Å². The maximum absolute atomic E-state index is 11.6. The Kier molecular flexibility index (Phi) is 4.77. The number of amides is 1. The minimum atomic E-state index is -0.535. The summed E-state index contributed by atoms with van der Waals surface area (Å²) in [5, 5.41) is 2.69. The van der Waals surface area contributed by atoms with E-state index in [2.05, 4.69) is 5.32 Å². The van der Waals surface area contributed by atoms with Crippen LogP contribution < -0.4 is 5.32 Å². The summed E-state index contributed by atoms with van der Waals surface area (Å²) in [7, 11) is 0. The van der Waals surface area contributed by atoms with Gasteiger partial charge in [0.1, 0.15) is 6.04 Å². The molecular weight excluding hydrogens is 206 g/mol. The van der Waals surface area contributed by atoms with Crippen LogP contribution in [0.1, 0.15) is 40.0 Å². The third kappa shape index (κ3) is 3.83. The summed E-state index contributed by atoms with van der Waals surface area (Å²) in [5.41, 5.74) is 0. The summed E-state index contributed by atoms with van der Waals surface area (Å²) in [6.07, 6.45) is 3.00. The van der Waals surface area contributed by atoms with Gasteiger partial charge in [-0.3, -0.25) is 4.79 Å². The largest absolute Gasteiger partial charge is 0.464 e. The topological polar surface area (TPSA) is 55.4 Å². The molecule has 0 radical (unpaired) electrons. The van der Waals surface area contributed by atoms with Crippen molar-refractivity contribution in [3.63, 3.8) is 0 Å². The minimum absolute atomic E-state index is 0.0137.